The average Bonchev–Trinajstić information content (AvgIpc) is 2.52. The zero-order valence-corrected chi connectivity index (χ0v) is 9.64. The van der Waals surface area contributed by atoms with Gasteiger partial charge in [-0.25, -0.2) is 0 Å². The molecule has 0 amide bonds. The van der Waals surface area contributed by atoms with Crippen molar-refractivity contribution in [2.24, 2.45) is 0 Å². The van der Waals surface area contributed by atoms with Crippen LogP contribution in [0.15, 0.2) is 0 Å². The molecule has 1 heterocycles. The number of hydrogen-bond acceptors (Lipinski definition) is 4. The summed E-state index contributed by atoms with van der Waals surface area (Å²) in [5.74, 6) is 0. The summed E-state index contributed by atoms with van der Waals surface area (Å²) in [6.45, 7) is 3.19. The van der Waals surface area contributed by atoms with Crippen LogP contribution in [-0.4, -0.2) is 59.6 Å². The highest BCUT2D eigenvalue weighted by molar-refractivity contribution is 6.11. The molecule has 1 rings (SSSR count). The van der Waals surface area contributed by atoms with Gasteiger partial charge in [-0.05, 0) is 6.42 Å². The lowest BCUT2D eigenvalue weighted by molar-refractivity contribution is -0.0555. The molecular formula is C10H19BO4. The van der Waals surface area contributed by atoms with E-state index >= 15 is 0 Å². The topological polar surface area (TPSA) is 36.9 Å². The Labute approximate surface area is 92.6 Å². The SMILES string of the molecule is [B][C@@H]1OC(COC)[C@@H](OC)[C@H]1OCCC. The second kappa shape index (κ2) is 6.48. The minimum Gasteiger partial charge on any atom is -0.382 e. The Hall–Kier alpha value is -0.0951. The summed E-state index contributed by atoms with van der Waals surface area (Å²) in [5.41, 5.74) is 0. The molecule has 0 N–H and O–H groups in total. The van der Waals surface area contributed by atoms with E-state index in [-0.39, 0.29) is 18.3 Å². The molecule has 4 atom stereocenters. The fourth-order valence-electron chi connectivity index (χ4n) is 1.78. The van der Waals surface area contributed by atoms with Crippen LogP contribution in [0.4, 0.5) is 0 Å². The van der Waals surface area contributed by atoms with Crippen LogP contribution in [0.5, 0.6) is 0 Å². The van der Waals surface area contributed by atoms with Crippen molar-refractivity contribution >= 4 is 7.85 Å². The smallest absolute Gasteiger partial charge is 0.113 e. The first kappa shape index (κ1) is 13.0. The lowest BCUT2D eigenvalue weighted by Crippen LogP contribution is -2.38. The molecule has 15 heavy (non-hydrogen) atoms. The lowest BCUT2D eigenvalue weighted by atomic mass is 9.93. The van der Waals surface area contributed by atoms with E-state index in [0.717, 1.165) is 6.42 Å². The molecule has 0 aromatic heterocycles. The number of methoxy groups -OCH3 is 2. The monoisotopic (exact) mass is 214 g/mol. The molecule has 4 nitrogen and oxygen atoms in total. The van der Waals surface area contributed by atoms with E-state index in [2.05, 4.69) is 6.92 Å². The van der Waals surface area contributed by atoms with E-state index < -0.39 is 6.00 Å². The van der Waals surface area contributed by atoms with Crippen LogP contribution in [0.1, 0.15) is 13.3 Å². The maximum atomic E-state index is 5.82. The third-order valence-electron chi connectivity index (χ3n) is 2.46. The van der Waals surface area contributed by atoms with E-state index in [1.807, 2.05) is 0 Å². The molecule has 86 valence electrons. The van der Waals surface area contributed by atoms with E-state index in [9.17, 15) is 0 Å². The number of hydrogen-bond donors (Lipinski definition) is 0. The summed E-state index contributed by atoms with van der Waals surface area (Å²) in [7, 11) is 9.09. The van der Waals surface area contributed by atoms with Crippen LogP contribution in [0.2, 0.25) is 0 Å². The molecular weight excluding hydrogens is 195 g/mol. The Bertz CT molecular complexity index is 179. The number of rotatable bonds is 6. The minimum atomic E-state index is -0.429. The van der Waals surface area contributed by atoms with Crippen LogP contribution in [0, 0.1) is 0 Å². The fraction of sp³-hybridized carbons (Fsp3) is 1.00. The third-order valence-corrected chi connectivity index (χ3v) is 2.46. The van der Waals surface area contributed by atoms with Gasteiger partial charge in [-0.3, -0.25) is 0 Å². The maximum absolute atomic E-state index is 5.82. The lowest BCUT2D eigenvalue weighted by Gasteiger charge is -2.22. The van der Waals surface area contributed by atoms with Gasteiger partial charge in [-0.1, -0.05) is 6.92 Å². The highest BCUT2D eigenvalue weighted by Gasteiger charge is 2.42. The van der Waals surface area contributed by atoms with E-state index in [1.54, 1.807) is 14.2 Å². The van der Waals surface area contributed by atoms with E-state index in [0.29, 0.717) is 13.2 Å². The van der Waals surface area contributed by atoms with Crippen molar-refractivity contribution in [2.75, 3.05) is 27.4 Å². The van der Waals surface area contributed by atoms with Gasteiger partial charge in [-0.2, -0.15) is 0 Å². The molecule has 1 unspecified atom stereocenters. The molecule has 0 aliphatic carbocycles. The van der Waals surface area contributed by atoms with Crippen LogP contribution in [0.25, 0.3) is 0 Å². The summed E-state index contributed by atoms with van der Waals surface area (Å²) in [4.78, 5) is 0. The minimum absolute atomic E-state index is 0.142. The highest BCUT2D eigenvalue weighted by atomic mass is 16.6. The first-order chi connectivity index (χ1) is 7.24. The van der Waals surface area contributed by atoms with Gasteiger partial charge < -0.3 is 18.9 Å². The zero-order chi connectivity index (χ0) is 11.3. The fourth-order valence-corrected chi connectivity index (χ4v) is 1.78. The Morgan fingerprint density at radius 2 is 2.00 bits per heavy atom. The highest BCUT2D eigenvalue weighted by Crippen LogP contribution is 2.24. The Morgan fingerprint density at radius 1 is 1.27 bits per heavy atom. The van der Waals surface area contributed by atoms with Crippen molar-refractivity contribution in [1.82, 2.24) is 0 Å². The van der Waals surface area contributed by atoms with Crippen LogP contribution >= 0.6 is 0 Å². The van der Waals surface area contributed by atoms with Gasteiger partial charge in [0.1, 0.15) is 26.2 Å². The average molecular weight is 214 g/mol. The Balaban J connectivity index is 2.52. The molecule has 0 saturated carbocycles. The normalized spacial score (nSPS) is 35.9. The molecule has 0 spiro atoms. The third kappa shape index (κ3) is 3.18. The maximum Gasteiger partial charge on any atom is 0.113 e. The Kier molecular flexibility index (Phi) is 5.60. The van der Waals surface area contributed by atoms with Gasteiger partial charge in [-0.15, -0.1) is 0 Å². The molecule has 0 bridgehead atoms. The van der Waals surface area contributed by atoms with Crippen molar-refractivity contribution in [2.45, 2.75) is 37.7 Å². The van der Waals surface area contributed by atoms with Gasteiger partial charge in [0.15, 0.2) is 0 Å². The summed E-state index contributed by atoms with van der Waals surface area (Å²) in [5, 5.41) is 0. The summed E-state index contributed by atoms with van der Waals surface area (Å²) in [6, 6.07) is -0.429. The van der Waals surface area contributed by atoms with Crippen LogP contribution < -0.4 is 0 Å². The molecule has 1 fully saturated rings. The van der Waals surface area contributed by atoms with Crippen molar-refractivity contribution in [3.63, 3.8) is 0 Å². The van der Waals surface area contributed by atoms with Gasteiger partial charge in [0.2, 0.25) is 0 Å². The van der Waals surface area contributed by atoms with Crippen molar-refractivity contribution in [3.05, 3.63) is 0 Å². The summed E-state index contributed by atoms with van der Waals surface area (Å²) >= 11 is 0. The van der Waals surface area contributed by atoms with E-state index in [1.165, 1.54) is 0 Å². The first-order valence-electron chi connectivity index (χ1n) is 5.29. The van der Waals surface area contributed by atoms with Crippen LogP contribution in [-0.2, 0) is 18.9 Å². The van der Waals surface area contributed by atoms with E-state index in [4.69, 9.17) is 26.8 Å². The van der Waals surface area contributed by atoms with Crippen molar-refractivity contribution < 1.29 is 18.9 Å². The standard InChI is InChI=1S/C10H19BO4/c1-4-5-14-9-8(13-3)7(6-12-2)15-10(9)11/h7-10H,4-6H2,1-3H3/t7?,8-,9-,10-/m1/s1. The Morgan fingerprint density at radius 3 is 2.53 bits per heavy atom. The molecule has 1 saturated heterocycles. The summed E-state index contributed by atoms with van der Waals surface area (Å²) in [6.07, 6.45) is 0.465. The van der Waals surface area contributed by atoms with Gasteiger partial charge >= 0.3 is 0 Å². The molecule has 1 aliphatic rings. The second-order valence-electron chi connectivity index (χ2n) is 3.63. The van der Waals surface area contributed by atoms with Gasteiger partial charge in [0.25, 0.3) is 0 Å². The summed E-state index contributed by atoms with van der Waals surface area (Å²) < 4.78 is 21.5. The number of ether oxygens (including phenoxy) is 4. The first-order valence-corrected chi connectivity index (χ1v) is 5.29. The molecule has 0 aromatic carbocycles. The molecule has 1 aliphatic heterocycles. The molecule has 5 heteroatoms. The second-order valence-corrected chi connectivity index (χ2v) is 3.63. The van der Waals surface area contributed by atoms with Gasteiger partial charge in [0, 0.05) is 26.8 Å². The van der Waals surface area contributed by atoms with Crippen molar-refractivity contribution in [1.29, 1.82) is 0 Å². The molecule has 0 aromatic rings. The molecule has 2 radical (unpaired) electrons. The quantitative estimate of drug-likeness (QED) is 0.597. The largest absolute Gasteiger partial charge is 0.382 e. The van der Waals surface area contributed by atoms with Crippen LogP contribution in [0.3, 0.4) is 0 Å². The predicted molar refractivity (Wildman–Crippen MR) is 57.1 cm³/mol. The predicted octanol–water partition coefficient (Wildman–Crippen LogP) is 0.336. The van der Waals surface area contributed by atoms with Crippen molar-refractivity contribution in [3.8, 4) is 0 Å². The van der Waals surface area contributed by atoms with Gasteiger partial charge in [0.05, 0.1) is 6.61 Å². The zero-order valence-electron chi connectivity index (χ0n) is 9.64.